The maximum absolute atomic E-state index is 12.3. The lowest BCUT2D eigenvalue weighted by Gasteiger charge is -2.08. The molecule has 0 aliphatic heterocycles. The molecule has 0 atom stereocenters. The summed E-state index contributed by atoms with van der Waals surface area (Å²) in [6.45, 7) is 0.301. The predicted octanol–water partition coefficient (Wildman–Crippen LogP) is 4.97. The van der Waals surface area contributed by atoms with E-state index in [1.807, 2.05) is 0 Å². The van der Waals surface area contributed by atoms with Crippen molar-refractivity contribution in [3.8, 4) is 11.8 Å². The summed E-state index contributed by atoms with van der Waals surface area (Å²) in [5, 5.41) is 5.54. The van der Waals surface area contributed by atoms with Crippen LogP contribution < -0.4 is 4.74 Å². The molecule has 0 aliphatic rings. The molecule has 9 heteroatoms. The topological polar surface area (TPSA) is 52.8 Å². The van der Waals surface area contributed by atoms with Gasteiger partial charge < -0.3 is 4.74 Å². The van der Waals surface area contributed by atoms with E-state index < -0.39 is 6.43 Å². The standard InChI is InChI=1S/C15H12Cl2F2N4O/c16-9-7-20-15(21-8-9)24-11-4-1-3-10-13(11)23(22-14(10)17)6-2-5-12(18)19/h1,3-4,7-8,12H,2,5-6H2. The quantitative estimate of drug-likeness (QED) is 0.612. The molecule has 1 aromatic carbocycles. The summed E-state index contributed by atoms with van der Waals surface area (Å²) in [5.74, 6) is 0.436. The first-order chi connectivity index (χ1) is 11.5. The van der Waals surface area contributed by atoms with E-state index in [9.17, 15) is 8.78 Å². The van der Waals surface area contributed by atoms with E-state index >= 15 is 0 Å². The minimum absolute atomic E-state index is 0.114. The molecule has 2 aromatic heterocycles. The molecule has 0 saturated carbocycles. The molecular formula is C15H12Cl2F2N4O. The van der Waals surface area contributed by atoms with E-state index in [0.29, 0.717) is 28.2 Å². The second kappa shape index (κ2) is 7.27. The predicted molar refractivity (Wildman–Crippen MR) is 87.1 cm³/mol. The molecular weight excluding hydrogens is 361 g/mol. The summed E-state index contributed by atoms with van der Waals surface area (Å²) in [6.07, 6.45) is 0.549. The van der Waals surface area contributed by atoms with Crippen LogP contribution in [0.5, 0.6) is 11.8 Å². The van der Waals surface area contributed by atoms with Crippen LogP contribution in [0.15, 0.2) is 30.6 Å². The number of fused-ring (bicyclic) bond motifs is 1. The summed E-state index contributed by atoms with van der Waals surface area (Å²) in [5.41, 5.74) is 0.607. The van der Waals surface area contributed by atoms with Crippen LogP contribution in [0.4, 0.5) is 8.78 Å². The Bertz CT molecular complexity index is 839. The van der Waals surface area contributed by atoms with Gasteiger partial charge in [0, 0.05) is 18.4 Å². The number of halogens is 4. The molecule has 0 unspecified atom stereocenters. The Kier molecular flexibility index (Phi) is 5.11. The average Bonchev–Trinajstić information content (AvgIpc) is 2.87. The third-order valence-corrected chi connectivity index (χ3v) is 3.75. The highest BCUT2D eigenvalue weighted by molar-refractivity contribution is 6.34. The monoisotopic (exact) mass is 372 g/mol. The molecule has 0 spiro atoms. The lowest BCUT2D eigenvalue weighted by Crippen LogP contribution is -2.03. The minimum atomic E-state index is -2.35. The van der Waals surface area contributed by atoms with Crippen LogP contribution in [0.3, 0.4) is 0 Å². The van der Waals surface area contributed by atoms with Crippen LogP contribution in [-0.2, 0) is 6.54 Å². The van der Waals surface area contributed by atoms with Gasteiger partial charge in [-0.05, 0) is 18.6 Å². The van der Waals surface area contributed by atoms with Crippen LogP contribution in [0.1, 0.15) is 12.8 Å². The number of hydrogen-bond acceptors (Lipinski definition) is 4. The summed E-state index contributed by atoms with van der Waals surface area (Å²) >= 11 is 11.9. The van der Waals surface area contributed by atoms with E-state index in [1.165, 1.54) is 12.4 Å². The van der Waals surface area contributed by atoms with Gasteiger partial charge in [0.1, 0.15) is 5.52 Å². The maximum Gasteiger partial charge on any atom is 0.322 e. The minimum Gasteiger partial charge on any atom is -0.422 e. The Labute approximate surface area is 146 Å². The molecule has 126 valence electrons. The summed E-state index contributed by atoms with van der Waals surface area (Å²) in [4.78, 5) is 7.95. The molecule has 0 radical (unpaired) electrons. The number of aryl methyl sites for hydroxylation is 1. The number of nitrogens with zero attached hydrogens (tertiary/aromatic N) is 4. The number of para-hydroxylation sites is 1. The zero-order chi connectivity index (χ0) is 17.1. The first kappa shape index (κ1) is 16.9. The average molecular weight is 373 g/mol. The van der Waals surface area contributed by atoms with E-state index in [4.69, 9.17) is 27.9 Å². The van der Waals surface area contributed by atoms with Crippen LogP contribution in [0.2, 0.25) is 10.2 Å². The van der Waals surface area contributed by atoms with Crippen molar-refractivity contribution in [1.82, 2.24) is 19.7 Å². The van der Waals surface area contributed by atoms with Gasteiger partial charge in [-0.15, -0.1) is 0 Å². The van der Waals surface area contributed by atoms with Gasteiger partial charge in [-0.25, -0.2) is 18.7 Å². The van der Waals surface area contributed by atoms with Crippen molar-refractivity contribution in [2.24, 2.45) is 0 Å². The highest BCUT2D eigenvalue weighted by Crippen LogP contribution is 2.33. The largest absolute Gasteiger partial charge is 0.422 e. The fourth-order valence-electron chi connectivity index (χ4n) is 2.26. The number of aromatic nitrogens is 4. The number of alkyl halides is 2. The Morgan fingerprint density at radius 2 is 1.92 bits per heavy atom. The van der Waals surface area contributed by atoms with Gasteiger partial charge in [0.15, 0.2) is 10.9 Å². The molecule has 24 heavy (non-hydrogen) atoms. The van der Waals surface area contributed by atoms with Crippen molar-refractivity contribution in [1.29, 1.82) is 0 Å². The first-order valence-corrected chi connectivity index (χ1v) is 7.89. The van der Waals surface area contributed by atoms with Crippen molar-refractivity contribution in [3.05, 3.63) is 40.8 Å². The smallest absolute Gasteiger partial charge is 0.322 e. The number of rotatable bonds is 6. The summed E-state index contributed by atoms with van der Waals surface area (Å²) < 4.78 is 31.9. The molecule has 0 N–H and O–H groups in total. The Morgan fingerprint density at radius 1 is 1.17 bits per heavy atom. The molecule has 0 aliphatic carbocycles. The van der Waals surface area contributed by atoms with Gasteiger partial charge in [0.2, 0.25) is 6.43 Å². The maximum atomic E-state index is 12.3. The zero-order valence-corrected chi connectivity index (χ0v) is 13.8. The summed E-state index contributed by atoms with van der Waals surface area (Å²) in [6, 6.07) is 5.36. The molecule has 3 aromatic rings. The molecule has 0 amide bonds. The van der Waals surface area contributed by atoms with E-state index in [0.717, 1.165) is 0 Å². The lowest BCUT2D eigenvalue weighted by molar-refractivity contribution is 0.132. The summed E-state index contributed by atoms with van der Waals surface area (Å²) in [7, 11) is 0. The molecule has 5 nitrogen and oxygen atoms in total. The number of hydrogen-bond donors (Lipinski definition) is 0. The SMILES string of the molecule is FC(F)CCCn1nc(Cl)c2cccc(Oc3ncc(Cl)cn3)c21. The van der Waals surface area contributed by atoms with Crippen LogP contribution in [0, 0.1) is 0 Å². The van der Waals surface area contributed by atoms with Crippen molar-refractivity contribution in [3.63, 3.8) is 0 Å². The number of ether oxygens (including phenoxy) is 1. The highest BCUT2D eigenvalue weighted by atomic mass is 35.5. The van der Waals surface area contributed by atoms with Gasteiger partial charge in [-0.1, -0.05) is 29.3 Å². The van der Waals surface area contributed by atoms with E-state index in [1.54, 1.807) is 22.9 Å². The third-order valence-electron chi connectivity index (χ3n) is 3.28. The zero-order valence-electron chi connectivity index (χ0n) is 12.3. The Balaban J connectivity index is 1.93. The third kappa shape index (κ3) is 3.73. The van der Waals surface area contributed by atoms with E-state index in [-0.39, 0.29) is 24.0 Å². The fourth-order valence-corrected chi connectivity index (χ4v) is 2.60. The van der Waals surface area contributed by atoms with Crippen LogP contribution in [-0.4, -0.2) is 26.2 Å². The molecule has 0 bridgehead atoms. The van der Waals surface area contributed by atoms with Crippen LogP contribution in [0.25, 0.3) is 10.9 Å². The van der Waals surface area contributed by atoms with Crippen molar-refractivity contribution in [2.45, 2.75) is 25.8 Å². The molecule has 3 rings (SSSR count). The Morgan fingerprint density at radius 3 is 2.62 bits per heavy atom. The van der Waals surface area contributed by atoms with Gasteiger partial charge in [-0.2, -0.15) is 5.10 Å². The van der Waals surface area contributed by atoms with Crippen molar-refractivity contribution < 1.29 is 13.5 Å². The normalized spacial score (nSPS) is 11.4. The molecule has 2 heterocycles. The molecule has 0 fully saturated rings. The van der Waals surface area contributed by atoms with Gasteiger partial charge in [0.05, 0.1) is 17.4 Å². The highest BCUT2D eigenvalue weighted by Gasteiger charge is 2.15. The van der Waals surface area contributed by atoms with Crippen LogP contribution >= 0.6 is 23.2 Å². The van der Waals surface area contributed by atoms with Gasteiger partial charge in [0.25, 0.3) is 0 Å². The molecule has 0 saturated heterocycles. The van der Waals surface area contributed by atoms with Gasteiger partial charge in [-0.3, -0.25) is 4.68 Å². The van der Waals surface area contributed by atoms with Crippen molar-refractivity contribution >= 4 is 34.1 Å². The van der Waals surface area contributed by atoms with Gasteiger partial charge >= 0.3 is 6.01 Å². The van der Waals surface area contributed by atoms with E-state index in [2.05, 4.69) is 15.1 Å². The second-order valence-corrected chi connectivity index (χ2v) is 5.78. The Hall–Kier alpha value is -1.99. The first-order valence-electron chi connectivity index (χ1n) is 7.13. The lowest BCUT2D eigenvalue weighted by atomic mass is 10.2. The fraction of sp³-hybridized carbons (Fsp3) is 0.267. The second-order valence-electron chi connectivity index (χ2n) is 4.99. The number of benzene rings is 1. The van der Waals surface area contributed by atoms with Crippen molar-refractivity contribution in [2.75, 3.05) is 0 Å².